The van der Waals surface area contributed by atoms with Crippen LogP contribution in [0.3, 0.4) is 0 Å². The number of pyridine rings is 1. The molecule has 1 N–H and O–H groups in total. The standard InChI is InChI=1S/C23H27ClN2O2S2/c1-5-19(12-9-17(3)24)29-23-21(7-6-14-25-23)22(27)20-13-11-18(10-8-16(20)2)15-26-30(4)28/h6-14,16,26H,5,15H2,1-4H3/b17-9+,19-12+. The zero-order valence-electron chi connectivity index (χ0n) is 17.6. The van der Waals surface area contributed by atoms with Crippen LogP contribution in [0.5, 0.6) is 0 Å². The maximum absolute atomic E-state index is 13.4. The summed E-state index contributed by atoms with van der Waals surface area (Å²) in [5.41, 5.74) is 2.26. The van der Waals surface area contributed by atoms with Crippen LogP contribution in [0, 0.1) is 5.92 Å². The van der Waals surface area contributed by atoms with Crippen LogP contribution in [0.2, 0.25) is 0 Å². The molecule has 7 heteroatoms. The number of nitrogens with zero attached hydrogens (tertiary/aromatic N) is 1. The lowest BCUT2D eigenvalue weighted by molar-refractivity contribution is 0.102. The number of rotatable bonds is 9. The van der Waals surface area contributed by atoms with Crippen molar-refractivity contribution in [1.29, 1.82) is 0 Å². The number of ketones is 1. The molecule has 0 radical (unpaired) electrons. The molecule has 4 nitrogen and oxygen atoms in total. The second-order valence-corrected chi connectivity index (χ2v) is 9.72. The fraction of sp³-hybridized carbons (Fsp3) is 0.304. The summed E-state index contributed by atoms with van der Waals surface area (Å²) in [6, 6.07) is 3.61. The van der Waals surface area contributed by atoms with Gasteiger partial charge in [-0.25, -0.2) is 13.9 Å². The Bertz CT molecular complexity index is 958. The smallest absolute Gasteiger partial charge is 0.192 e. The largest absolute Gasteiger partial charge is 0.289 e. The van der Waals surface area contributed by atoms with Crippen molar-refractivity contribution in [2.24, 2.45) is 5.92 Å². The van der Waals surface area contributed by atoms with Crippen molar-refractivity contribution in [3.05, 3.63) is 81.4 Å². The van der Waals surface area contributed by atoms with Gasteiger partial charge >= 0.3 is 0 Å². The number of halogens is 1. The zero-order valence-corrected chi connectivity index (χ0v) is 20.0. The Labute approximate surface area is 190 Å². The lowest BCUT2D eigenvalue weighted by Gasteiger charge is -2.13. The Balaban J connectivity index is 2.32. The fourth-order valence-electron chi connectivity index (χ4n) is 2.72. The topological polar surface area (TPSA) is 59.1 Å². The summed E-state index contributed by atoms with van der Waals surface area (Å²) >= 11 is 7.43. The van der Waals surface area contributed by atoms with Gasteiger partial charge < -0.3 is 0 Å². The monoisotopic (exact) mass is 462 g/mol. The van der Waals surface area contributed by atoms with Gasteiger partial charge in [-0.05, 0) is 42.0 Å². The molecule has 0 saturated heterocycles. The van der Waals surface area contributed by atoms with E-state index in [0.717, 1.165) is 16.9 Å². The van der Waals surface area contributed by atoms with Crippen molar-refractivity contribution in [2.45, 2.75) is 32.2 Å². The molecule has 2 rings (SSSR count). The van der Waals surface area contributed by atoms with Crippen LogP contribution in [0.25, 0.3) is 0 Å². The predicted molar refractivity (Wildman–Crippen MR) is 129 cm³/mol. The van der Waals surface area contributed by atoms with Crippen LogP contribution in [0.15, 0.2) is 80.9 Å². The second-order valence-electron chi connectivity index (χ2n) is 6.81. The van der Waals surface area contributed by atoms with E-state index in [2.05, 4.69) is 16.6 Å². The Hall–Kier alpha value is -1.73. The van der Waals surface area contributed by atoms with Crippen molar-refractivity contribution >= 4 is 40.1 Å². The van der Waals surface area contributed by atoms with Crippen LogP contribution in [-0.4, -0.2) is 27.8 Å². The molecule has 0 saturated carbocycles. The van der Waals surface area contributed by atoms with Crippen LogP contribution >= 0.6 is 23.4 Å². The number of carbonyl (C=O) groups is 1. The third-order valence-electron chi connectivity index (χ3n) is 4.40. The van der Waals surface area contributed by atoms with Gasteiger partial charge in [0.2, 0.25) is 0 Å². The summed E-state index contributed by atoms with van der Waals surface area (Å²) in [4.78, 5) is 18.9. The molecular formula is C23H27ClN2O2S2. The third-order valence-corrected chi connectivity index (χ3v) is 6.28. The lowest BCUT2D eigenvalue weighted by Crippen LogP contribution is -2.17. The van der Waals surface area contributed by atoms with Gasteiger partial charge in [0.1, 0.15) is 5.03 Å². The third kappa shape index (κ3) is 7.51. The fourth-order valence-corrected chi connectivity index (χ4v) is 4.06. The molecule has 1 aliphatic carbocycles. The molecule has 2 atom stereocenters. The second kappa shape index (κ2) is 12.2. The van der Waals surface area contributed by atoms with E-state index >= 15 is 0 Å². The summed E-state index contributed by atoms with van der Waals surface area (Å²) in [5, 5.41) is 1.39. The molecule has 0 aliphatic heterocycles. The van der Waals surface area contributed by atoms with E-state index in [4.69, 9.17) is 11.6 Å². The summed E-state index contributed by atoms with van der Waals surface area (Å²) in [5.74, 6) is -0.0776. The van der Waals surface area contributed by atoms with E-state index in [1.807, 2.05) is 56.4 Å². The quantitative estimate of drug-likeness (QED) is 0.289. The van der Waals surface area contributed by atoms with E-state index < -0.39 is 11.0 Å². The first kappa shape index (κ1) is 24.5. The average molecular weight is 463 g/mol. The lowest BCUT2D eigenvalue weighted by atomic mass is 9.93. The molecule has 1 aromatic heterocycles. The number of allylic oxidation sites excluding steroid dienone is 8. The van der Waals surface area contributed by atoms with Gasteiger partial charge in [0.05, 0.1) is 16.5 Å². The van der Waals surface area contributed by atoms with Gasteiger partial charge in [0, 0.05) is 35.5 Å². The number of hydrogen-bond donors (Lipinski definition) is 1. The number of nitrogens with one attached hydrogen (secondary N) is 1. The van der Waals surface area contributed by atoms with E-state index in [1.165, 1.54) is 11.8 Å². The highest BCUT2D eigenvalue weighted by Gasteiger charge is 2.21. The maximum Gasteiger partial charge on any atom is 0.192 e. The Morgan fingerprint density at radius 3 is 2.80 bits per heavy atom. The Morgan fingerprint density at radius 2 is 2.13 bits per heavy atom. The van der Waals surface area contributed by atoms with Gasteiger partial charge in [0.25, 0.3) is 0 Å². The van der Waals surface area contributed by atoms with Crippen molar-refractivity contribution in [1.82, 2.24) is 9.71 Å². The van der Waals surface area contributed by atoms with Crippen LogP contribution in [-0.2, 0) is 11.0 Å². The normalized spacial score (nSPS) is 18.5. The average Bonchev–Trinajstić information content (AvgIpc) is 2.90. The molecule has 0 amide bonds. The number of thioether (sulfide) groups is 1. The number of aromatic nitrogens is 1. The zero-order chi connectivity index (χ0) is 22.1. The molecule has 1 aliphatic rings. The molecular weight excluding hydrogens is 436 g/mol. The van der Waals surface area contributed by atoms with E-state index in [0.29, 0.717) is 27.7 Å². The van der Waals surface area contributed by atoms with Gasteiger partial charge in [-0.1, -0.05) is 67.6 Å². The van der Waals surface area contributed by atoms with Crippen molar-refractivity contribution in [2.75, 3.05) is 12.8 Å². The van der Waals surface area contributed by atoms with E-state index in [9.17, 15) is 9.00 Å². The first-order chi connectivity index (χ1) is 14.3. The van der Waals surface area contributed by atoms with Crippen molar-refractivity contribution in [3.63, 3.8) is 0 Å². The highest BCUT2D eigenvalue weighted by molar-refractivity contribution is 8.03. The SMILES string of the molecule is CC/C(=C\C=C(/C)Cl)Sc1ncccc1C(=O)C1=CC=C(CNS(C)=O)C=CC1C. The molecule has 160 valence electrons. The van der Waals surface area contributed by atoms with Gasteiger partial charge in [-0.3, -0.25) is 4.79 Å². The summed E-state index contributed by atoms with van der Waals surface area (Å²) in [6.45, 7) is 6.37. The summed E-state index contributed by atoms with van der Waals surface area (Å²) in [7, 11) is -1.08. The van der Waals surface area contributed by atoms with E-state index in [1.54, 1.807) is 18.5 Å². The van der Waals surface area contributed by atoms with E-state index in [-0.39, 0.29) is 11.7 Å². The van der Waals surface area contributed by atoms with Gasteiger partial charge in [-0.15, -0.1) is 0 Å². The minimum absolute atomic E-state index is 0.0354. The molecule has 0 aromatic carbocycles. The molecule has 30 heavy (non-hydrogen) atoms. The first-order valence-corrected chi connectivity index (χ1v) is 12.4. The molecule has 1 aromatic rings. The maximum atomic E-state index is 13.4. The van der Waals surface area contributed by atoms with Crippen LogP contribution in [0.4, 0.5) is 0 Å². The van der Waals surface area contributed by atoms with Gasteiger partial charge in [0.15, 0.2) is 5.78 Å². The molecule has 0 spiro atoms. The molecule has 2 unspecified atom stereocenters. The van der Waals surface area contributed by atoms with Crippen LogP contribution < -0.4 is 4.72 Å². The van der Waals surface area contributed by atoms with Crippen molar-refractivity contribution < 1.29 is 9.00 Å². The Morgan fingerprint density at radius 1 is 1.37 bits per heavy atom. The highest BCUT2D eigenvalue weighted by Crippen LogP contribution is 2.32. The first-order valence-electron chi connectivity index (χ1n) is 9.68. The highest BCUT2D eigenvalue weighted by atomic mass is 35.5. The Kier molecular flexibility index (Phi) is 9.98. The molecule has 0 bridgehead atoms. The van der Waals surface area contributed by atoms with Crippen molar-refractivity contribution in [3.8, 4) is 0 Å². The van der Waals surface area contributed by atoms with Gasteiger partial charge in [-0.2, -0.15) is 0 Å². The van der Waals surface area contributed by atoms with Crippen LogP contribution in [0.1, 0.15) is 37.6 Å². The summed E-state index contributed by atoms with van der Waals surface area (Å²) < 4.78 is 14.2. The number of carbonyl (C=O) groups excluding carboxylic acids is 1. The number of hydrogen-bond acceptors (Lipinski definition) is 4. The molecule has 1 heterocycles. The minimum Gasteiger partial charge on any atom is -0.289 e. The summed E-state index contributed by atoms with van der Waals surface area (Å²) in [6.07, 6.45) is 15.7. The number of Topliss-reactive ketones (excluding diaryl/α,β-unsaturated/α-hetero) is 1. The molecule has 0 fully saturated rings. The minimum atomic E-state index is -1.08. The predicted octanol–water partition coefficient (Wildman–Crippen LogP) is 5.73.